The SMILES string of the molecule is COc1cc(OC)c(OC)cc1C=C1Oc2cc(OCC(=O)NC(CCCN=C(N)N)C(=O)O)ccc2C1=O. The molecule has 1 aliphatic rings. The number of Topliss-reactive ketones (excluding diaryl/α,β-unsaturated/α-hetero) is 1. The number of allylic oxidation sites excluding steroid dienone is 1. The van der Waals surface area contributed by atoms with Crippen molar-refractivity contribution in [3.63, 3.8) is 0 Å². The van der Waals surface area contributed by atoms with Crippen LogP contribution in [0.15, 0.2) is 41.1 Å². The van der Waals surface area contributed by atoms with Crippen LogP contribution in [0.2, 0.25) is 0 Å². The van der Waals surface area contributed by atoms with Crippen molar-refractivity contribution in [1.29, 1.82) is 0 Å². The minimum absolute atomic E-state index is 0.0513. The maximum Gasteiger partial charge on any atom is 0.326 e. The van der Waals surface area contributed by atoms with Crippen molar-refractivity contribution in [2.45, 2.75) is 18.9 Å². The zero-order valence-electron chi connectivity index (χ0n) is 21.7. The molecule has 0 saturated heterocycles. The van der Waals surface area contributed by atoms with Gasteiger partial charge in [0.2, 0.25) is 5.78 Å². The maximum absolute atomic E-state index is 12.9. The lowest BCUT2D eigenvalue weighted by Crippen LogP contribution is -2.43. The topological polar surface area (TPSA) is 194 Å². The van der Waals surface area contributed by atoms with Crippen LogP contribution >= 0.6 is 0 Å². The Morgan fingerprint density at radius 2 is 1.77 bits per heavy atom. The Labute approximate surface area is 224 Å². The normalized spacial score (nSPS) is 13.6. The molecule has 13 nitrogen and oxygen atoms in total. The number of carbonyl (C=O) groups is 3. The summed E-state index contributed by atoms with van der Waals surface area (Å²) in [5.74, 6) is -0.377. The molecule has 0 aliphatic carbocycles. The summed E-state index contributed by atoms with van der Waals surface area (Å²) in [6.07, 6.45) is 2.01. The third kappa shape index (κ3) is 7.31. The Morgan fingerprint density at radius 3 is 2.41 bits per heavy atom. The van der Waals surface area contributed by atoms with Gasteiger partial charge < -0.3 is 45.6 Å². The average Bonchev–Trinajstić information content (AvgIpc) is 3.22. The standard InChI is InChI=1S/C26H30N4O9/c1-35-18-12-21(37-3)20(36-2)9-14(18)10-22-24(32)16-7-6-15(11-19(16)39-22)38-13-23(31)30-17(25(33)34)5-4-8-29-26(27)28/h6-7,9-12,17H,4-5,8,13H2,1-3H3,(H,30,31)(H,33,34)(H4,27,28,29). The van der Waals surface area contributed by atoms with Crippen molar-refractivity contribution in [2.24, 2.45) is 16.5 Å². The number of aliphatic imine (C=N–C) groups is 1. The molecule has 0 aromatic heterocycles. The Balaban J connectivity index is 1.66. The number of amides is 1. The molecular weight excluding hydrogens is 512 g/mol. The zero-order valence-corrected chi connectivity index (χ0v) is 21.7. The fourth-order valence-electron chi connectivity index (χ4n) is 3.71. The van der Waals surface area contributed by atoms with Gasteiger partial charge in [-0.2, -0.15) is 0 Å². The van der Waals surface area contributed by atoms with Crippen molar-refractivity contribution in [3.05, 3.63) is 47.2 Å². The quantitative estimate of drug-likeness (QED) is 0.123. The molecule has 6 N–H and O–H groups in total. The second-order valence-electron chi connectivity index (χ2n) is 8.24. The highest BCUT2D eigenvalue weighted by Gasteiger charge is 2.29. The second-order valence-corrected chi connectivity index (χ2v) is 8.24. The molecule has 1 aliphatic heterocycles. The van der Waals surface area contributed by atoms with E-state index in [9.17, 15) is 19.5 Å². The number of aliphatic carboxylic acids is 1. The number of ether oxygens (including phenoxy) is 5. The minimum atomic E-state index is -1.19. The van der Waals surface area contributed by atoms with Gasteiger partial charge in [-0.1, -0.05) is 0 Å². The summed E-state index contributed by atoms with van der Waals surface area (Å²) < 4.78 is 27.3. The van der Waals surface area contributed by atoms with Crippen molar-refractivity contribution in [3.8, 4) is 28.7 Å². The highest BCUT2D eigenvalue weighted by molar-refractivity contribution is 6.14. The number of benzene rings is 2. The van der Waals surface area contributed by atoms with E-state index in [1.165, 1.54) is 45.6 Å². The van der Waals surface area contributed by atoms with Crippen LogP contribution in [0.4, 0.5) is 0 Å². The number of ketones is 1. The molecule has 2 aromatic carbocycles. The van der Waals surface area contributed by atoms with E-state index in [0.29, 0.717) is 34.8 Å². The van der Waals surface area contributed by atoms with Crippen LogP contribution in [-0.2, 0) is 9.59 Å². The van der Waals surface area contributed by atoms with Gasteiger partial charge in [0.25, 0.3) is 5.91 Å². The number of nitrogens with zero attached hydrogens (tertiary/aromatic N) is 1. The first-order chi connectivity index (χ1) is 18.7. The fraction of sp³-hybridized carbons (Fsp3) is 0.308. The lowest BCUT2D eigenvalue weighted by atomic mass is 10.1. The molecule has 0 fully saturated rings. The van der Waals surface area contributed by atoms with Gasteiger partial charge in [0, 0.05) is 24.2 Å². The number of carboxylic acid groups (broad SMARTS) is 1. The molecular formula is C26H30N4O9. The highest BCUT2D eigenvalue weighted by atomic mass is 16.5. The van der Waals surface area contributed by atoms with Crippen molar-refractivity contribution in [1.82, 2.24) is 5.32 Å². The lowest BCUT2D eigenvalue weighted by molar-refractivity contribution is -0.142. The highest BCUT2D eigenvalue weighted by Crippen LogP contribution is 2.39. The molecule has 0 spiro atoms. The minimum Gasteiger partial charge on any atom is -0.496 e. The number of nitrogens with two attached hydrogens (primary N) is 2. The van der Waals surface area contributed by atoms with Gasteiger partial charge in [-0.05, 0) is 37.1 Å². The van der Waals surface area contributed by atoms with E-state index in [1.54, 1.807) is 12.1 Å². The number of carbonyl (C=O) groups excluding carboxylic acids is 2. The first kappa shape index (κ1) is 28.6. The first-order valence-electron chi connectivity index (χ1n) is 11.8. The smallest absolute Gasteiger partial charge is 0.326 e. The van der Waals surface area contributed by atoms with Gasteiger partial charge in [-0.15, -0.1) is 0 Å². The molecule has 3 rings (SSSR count). The first-order valence-corrected chi connectivity index (χ1v) is 11.8. The van der Waals surface area contributed by atoms with E-state index < -0.39 is 24.5 Å². The molecule has 13 heteroatoms. The van der Waals surface area contributed by atoms with E-state index in [1.807, 2.05) is 0 Å². The summed E-state index contributed by atoms with van der Waals surface area (Å²) in [5.41, 5.74) is 11.3. The molecule has 1 unspecified atom stereocenters. The molecule has 0 radical (unpaired) electrons. The van der Waals surface area contributed by atoms with E-state index in [2.05, 4.69) is 10.3 Å². The van der Waals surface area contributed by atoms with Crippen LogP contribution < -0.4 is 40.5 Å². The van der Waals surface area contributed by atoms with Crippen molar-refractivity contribution < 1.29 is 43.2 Å². The third-order valence-corrected chi connectivity index (χ3v) is 5.61. The van der Waals surface area contributed by atoms with Gasteiger partial charge in [0.15, 0.2) is 29.8 Å². The van der Waals surface area contributed by atoms with E-state index >= 15 is 0 Å². The summed E-state index contributed by atoms with van der Waals surface area (Å²) in [4.78, 5) is 40.4. The van der Waals surface area contributed by atoms with Crippen LogP contribution in [0.25, 0.3) is 6.08 Å². The number of rotatable bonds is 13. The van der Waals surface area contributed by atoms with Gasteiger partial charge in [0.05, 0.1) is 26.9 Å². The Kier molecular flexibility index (Phi) is 9.57. The van der Waals surface area contributed by atoms with Crippen LogP contribution in [0.1, 0.15) is 28.8 Å². The van der Waals surface area contributed by atoms with E-state index in [4.69, 9.17) is 35.2 Å². The predicted molar refractivity (Wildman–Crippen MR) is 140 cm³/mol. The lowest BCUT2D eigenvalue weighted by Gasteiger charge is -2.14. The Bertz CT molecular complexity index is 1300. The molecule has 0 saturated carbocycles. The number of carboxylic acids is 1. The summed E-state index contributed by atoms with van der Waals surface area (Å²) in [7, 11) is 4.48. The van der Waals surface area contributed by atoms with Crippen LogP contribution in [0.3, 0.4) is 0 Å². The second kappa shape index (κ2) is 13.0. The number of methoxy groups -OCH3 is 3. The summed E-state index contributed by atoms with van der Waals surface area (Å²) >= 11 is 0. The molecule has 208 valence electrons. The number of fused-ring (bicyclic) bond motifs is 1. The summed E-state index contributed by atoms with van der Waals surface area (Å²) in [6.45, 7) is -0.211. The maximum atomic E-state index is 12.9. The van der Waals surface area contributed by atoms with Gasteiger partial charge >= 0.3 is 5.97 Å². The molecule has 1 heterocycles. The van der Waals surface area contributed by atoms with Crippen LogP contribution in [0.5, 0.6) is 28.7 Å². The Hall–Kier alpha value is -4.94. The van der Waals surface area contributed by atoms with Gasteiger partial charge in [0.1, 0.15) is 23.3 Å². The molecule has 1 atom stereocenters. The largest absolute Gasteiger partial charge is 0.496 e. The summed E-state index contributed by atoms with van der Waals surface area (Å²) in [6, 6.07) is 6.66. The Morgan fingerprint density at radius 1 is 1.08 bits per heavy atom. The summed E-state index contributed by atoms with van der Waals surface area (Å²) in [5, 5.41) is 11.7. The van der Waals surface area contributed by atoms with E-state index in [-0.39, 0.29) is 42.0 Å². The molecule has 39 heavy (non-hydrogen) atoms. The third-order valence-electron chi connectivity index (χ3n) is 5.61. The van der Waals surface area contributed by atoms with E-state index in [0.717, 1.165) is 0 Å². The molecule has 1 amide bonds. The van der Waals surface area contributed by atoms with Crippen LogP contribution in [-0.4, -0.2) is 69.2 Å². The average molecular weight is 543 g/mol. The zero-order chi connectivity index (χ0) is 28.5. The number of nitrogens with one attached hydrogen (secondary N) is 1. The predicted octanol–water partition coefficient (Wildman–Crippen LogP) is 1.33. The van der Waals surface area contributed by atoms with Crippen molar-refractivity contribution >= 4 is 29.7 Å². The molecule has 2 aromatic rings. The molecule has 0 bridgehead atoms. The number of hydrogen-bond donors (Lipinski definition) is 4. The van der Waals surface area contributed by atoms with Gasteiger partial charge in [-0.25, -0.2) is 4.79 Å². The number of guanidine groups is 1. The van der Waals surface area contributed by atoms with Gasteiger partial charge in [-0.3, -0.25) is 14.6 Å². The fourth-order valence-corrected chi connectivity index (χ4v) is 3.71. The van der Waals surface area contributed by atoms with Crippen LogP contribution in [0, 0.1) is 0 Å². The number of hydrogen-bond acceptors (Lipinski definition) is 9. The van der Waals surface area contributed by atoms with Crippen molar-refractivity contribution in [2.75, 3.05) is 34.5 Å². The monoisotopic (exact) mass is 542 g/mol.